The van der Waals surface area contributed by atoms with Crippen molar-refractivity contribution in [2.45, 2.75) is 0 Å². The number of benzene rings is 9. The molecule has 0 radical (unpaired) electrons. The SMILES string of the molecule is C1=CC(c2c3c(c(-c4cccnn4)c(-c4ccccc4)c2-c2ccccc2)C2=C(c4ccc5ccccc5c4)C(c4ccccc4)=C(c4ccccc4)C2=C3c2ccc3ccccc3c2)=NNC1. The Kier molecular flexibility index (Phi) is 9.54. The number of hydrogen-bond acceptors (Lipinski definition) is 4. The maximum Gasteiger partial charge on any atom is 0.0942 e. The number of hydrogen-bond donors (Lipinski definition) is 1. The van der Waals surface area contributed by atoms with Crippen molar-refractivity contribution in [3.63, 3.8) is 0 Å². The van der Waals surface area contributed by atoms with Crippen molar-refractivity contribution in [2.24, 2.45) is 5.10 Å². The fourth-order valence-corrected chi connectivity index (χ4v) is 10.8. The number of allylic oxidation sites excluding steroid dienone is 6. The van der Waals surface area contributed by atoms with Crippen LogP contribution in [0.4, 0.5) is 0 Å². The van der Waals surface area contributed by atoms with E-state index in [9.17, 15) is 0 Å². The predicted molar refractivity (Wildman–Crippen MR) is 282 cm³/mol. The lowest BCUT2D eigenvalue weighted by Gasteiger charge is -2.27. The number of aromatic nitrogens is 2. The van der Waals surface area contributed by atoms with Gasteiger partial charge in [-0.25, -0.2) is 0 Å². The second-order valence-electron chi connectivity index (χ2n) is 17.5. The van der Waals surface area contributed by atoms with Crippen molar-refractivity contribution in [3.8, 4) is 33.5 Å². The standard InChI is InChI=1S/C64H42N4/c1-5-21-43(22-6-1)53-56(46-27-11-4-12-28-46)61-58(50-36-34-42-20-14-16-30-48(42)40-50)62-59(51-31-17-37-65-67-51)54(44-23-7-2-8-24-44)55(45-25-9-3-10-26-45)60(52-32-18-38-66-68-52)64(62)63(61)57(53)49-35-33-41-19-13-15-29-47(41)39-49/h1-36,38-40,65H,37H2. The third-order valence-electron chi connectivity index (χ3n) is 13.6. The van der Waals surface area contributed by atoms with E-state index in [2.05, 4.69) is 235 Å². The van der Waals surface area contributed by atoms with Crippen LogP contribution in [0.5, 0.6) is 0 Å². The van der Waals surface area contributed by atoms with E-state index >= 15 is 0 Å². The van der Waals surface area contributed by atoms with Gasteiger partial charge < -0.3 is 5.43 Å². The van der Waals surface area contributed by atoms with E-state index in [4.69, 9.17) is 10.2 Å². The van der Waals surface area contributed by atoms with E-state index in [0.717, 1.165) is 83.7 Å². The second kappa shape index (κ2) is 16.5. The molecule has 0 bridgehead atoms. The Bertz CT molecular complexity index is 3790. The normalized spacial score (nSPS) is 14.1. The predicted octanol–water partition coefficient (Wildman–Crippen LogP) is 15.0. The first-order valence-corrected chi connectivity index (χ1v) is 23.2. The van der Waals surface area contributed by atoms with Gasteiger partial charge in [-0.2, -0.15) is 15.3 Å². The molecular weight excluding hydrogens is 825 g/mol. The van der Waals surface area contributed by atoms with Crippen molar-refractivity contribution in [1.82, 2.24) is 15.6 Å². The van der Waals surface area contributed by atoms with Crippen LogP contribution in [0, 0.1) is 0 Å². The lowest BCUT2D eigenvalue weighted by Crippen LogP contribution is -2.18. The van der Waals surface area contributed by atoms with Crippen LogP contribution >= 0.6 is 0 Å². The van der Waals surface area contributed by atoms with Crippen LogP contribution in [0.15, 0.2) is 247 Å². The van der Waals surface area contributed by atoms with E-state index < -0.39 is 0 Å². The second-order valence-corrected chi connectivity index (χ2v) is 17.5. The van der Waals surface area contributed by atoms with E-state index in [0.29, 0.717) is 6.54 Å². The van der Waals surface area contributed by atoms with E-state index in [-0.39, 0.29) is 0 Å². The highest BCUT2D eigenvalue weighted by atomic mass is 15.3. The van der Waals surface area contributed by atoms with Crippen molar-refractivity contribution < 1.29 is 0 Å². The molecule has 2 aliphatic carbocycles. The smallest absolute Gasteiger partial charge is 0.0942 e. The molecule has 68 heavy (non-hydrogen) atoms. The molecule has 0 unspecified atom stereocenters. The van der Waals surface area contributed by atoms with E-state index in [1.54, 1.807) is 6.20 Å². The van der Waals surface area contributed by atoms with Gasteiger partial charge in [-0.3, -0.25) is 0 Å². The van der Waals surface area contributed by atoms with E-state index in [1.807, 2.05) is 6.07 Å². The average Bonchev–Trinajstić information content (AvgIpc) is 3.94. The van der Waals surface area contributed by atoms with Crippen molar-refractivity contribution in [2.75, 3.05) is 6.54 Å². The van der Waals surface area contributed by atoms with Gasteiger partial charge in [0.25, 0.3) is 0 Å². The first kappa shape index (κ1) is 39.4. The first-order chi connectivity index (χ1) is 33.8. The van der Waals surface area contributed by atoms with Gasteiger partial charge in [0.05, 0.1) is 18.0 Å². The van der Waals surface area contributed by atoms with Gasteiger partial charge in [-0.1, -0.05) is 200 Å². The number of hydrazone groups is 1. The molecule has 318 valence electrons. The molecule has 0 saturated carbocycles. The number of fused-ring (bicyclic) bond motifs is 5. The van der Waals surface area contributed by atoms with Gasteiger partial charge >= 0.3 is 0 Å². The van der Waals surface area contributed by atoms with Gasteiger partial charge in [0.15, 0.2) is 0 Å². The Morgan fingerprint density at radius 3 is 1.32 bits per heavy atom. The summed E-state index contributed by atoms with van der Waals surface area (Å²) in [6.07, 6.45) is 6.16. The monoisotopic (exact) mass is 866 g/mol. The lowest BCUT2D eigenvalue weighted by atomic mass is 9.76. The molecule has 1 aliphatic heterocycles. The van der Waals surface area contributed by atoms with Crippen LogP contribution in [-0.2, 0) is 0 Å². The van der Waals surface area contributed by atoms with Gasteiger partial charge in [0.2, 0.25) is 0 Å². The zero-order chi connectivity index (χ0) is 45.0. The van der Waals surface area contributed by atoms with Gasteiger partial charge in [0, 0.05) is 45.2 Å². The molecule has 0 fully saturated rings. The largest absolute Gasteiger partial charge is 0.306 e. The minimum absolute atomic E-state index is 0.646. The van der Waals surface area contributed by atoms with Gasteiger partial charge in [0.1, 0.15) is 0 Å². The first-order valence-electron chi connectivity index (χ1n) is 23.2. The maximum absolute atomic E-state index is 5.22. The van der Waals surface area contributed by atoms with Crippen LogP contribution in [0.25, 0.3) is 82.9 Å². The molecule has 1 aromatic heterocycles. The molecule has 0 saturated heterocycles. The Morgan fingerprint density at radius 1 is 0.324 bits per heavy atom. The molecule has 0 amide bonds. The van der Waals surface area contributed by atoms with Crippen LogP contribution in [-0.4, -0.2) is 22.5 Å². The topological polar surface area (TPSA) is 50.2 Å². The molecule has 3 aliphatic rings. The molecule has 2 heterocycles. The molecule has 10 aromatic rings. The molecule has 0 atom stereocenters. The molecule has 4 nitrogen and oxygen atoms in total. The third kappa shape index (κ3) is 6.41. The van der Waals surface area contributed by atoms with Crippen LogP contribution < -0.4 is 5.43 Å². The summed E-state index contributed by atoms with van der Waals surface area (Å²) in [5.41, 5.74) is 25.3. The molecular formula is C64H42N4. The quantitative estimate of drug-likeness (QED) is 0.166. The molecule has 1 N–H and O–H groups in total. The Morgan fingerprint density at radius 2 is 0.794 bits per heavy atom. The summed E-state index contributed by atoms with van der Waals surface area (Å²) in [6.45, 7) is 0.646. The van der Waals surface area contributed by atoms with Gasteiger partial charge in [-0.15, -0.1) is 0 Å². The Hall–Kier alpha value is -8.99. The van der Waals surface area contributed by atoms with Crippen molar-refractivity contribution in [1.29, 1.82) is 0 Å². The number of nitrogens with one attached hydrogen (secondary N) is 1. The number of rotatable bonds is 8. The fraction of sp³-hybridized carbons (Fsp3) is 0.0156. The fourth-order valence-electron chi connectivity index (χ4n) is 10.8. The van der Waals surface area contributed by atoms with Crippen molar-refractivity contribution >= 4 is 55.1 Å². The Labute approximate surface area is 395 Å². The summed E-state index contributed by atoms with van der Waals surface area (Å²) in [4.78, 5) is 0. The number of nitrogens with zero attached hydrogens (tertiary/aromatic N) is 3. The zero-order valence-corrected chi connectivity index (χ0v) is 37.1. The average molecular weight is 867 g/mol. The molecule has 13 rings (SSSR count). The summed E-state index contributed by atoms with van der Waals surface area (Å²) < 4.78 is 0. The summed E-state index contributed by atoms with van der Waals surface area (Å²) >= 11 is 0. The van der Waals surface area contributed by atoms with Crippen LogP contribution in [0.2, 0.25) is 0 Å². The van der Waals surface area contributed by atoms with Gasteiger partial charge in [-0.05, 0) is 113 Å². The third-order valence-corrected chi connectivity index (χ3v) is 13.6. The van der Waals surface area contributed by atoms with Crippen LogP contribution in [0.1, 0.15) is 38.9 Å². The maximum atomic E-state index is 5.22. The summed E-state index contributed by atoms with van der Waals surface area (Å²) in [6, 6.07) is 79.2. The summed E-state index contributed by atoms with van der Waals surface area (Å²) in [5.74, 6) is 0. The highest BCUT2D eigenvalue weighted by molar-refractivity contribution is 6.42. The minimum Gasteiger partial charge on any atom is -0.306 e. The van der Waals surface area contributed by atoms with Crippen molar-refractivity contribution in [3.05, 3.63) is 281 Å². The molecule has 0 spiro atoms. The molecule has 9 aromatic carbocycles. The summed E-state index contributed by atoms with van der Waals surface area (Å²) in [5, 5.41) is 19.7. The zero-order valence-electron chi connectivity index (χ0n) is 37.1. The Balaban J connectivity index is 1.34. The lowest BCUT2D eigenvalue weighted by molar-refractivity contribution is 0.817. The highest BCUT2D eigenvalue weighted by Crippen LogP contribution is 2.65. The van der Waals surface area contributed by atoms with Crippen LogP contribution in [0.3, 0.4) is 0 Å². The highest BCUT2D eigenvalue weighted by Gasteiger charge is 2.45. The summed E-state index contributed by atoms with van der Waals surface area (Å²) in [7, 11) is 0. The molecule has 4 heteroatoms. The minimum atomic E-state index is 0.646. The van der Waals surface area contributed by atoms with E-state index in [1.165, 1.54) is 49.4 Å².